The zero-order valence-corrected chi connectivity index (χ0v) is 20.5. The number of hydrogen-bond donors (Lipinski definition) is 2. The van der Waals surface area contributed by atoms with E-state index in [9.17, 15) is 9.59 Å². The fourth-order valence-electron chi connectivity index (χ4n) is 5.08. The highest BCUT2D eigenvalue weighted by atomic mass is 16.5. The monoisotopic (exact) mass is 474 g/mol. The summed E-state index contributed by atoms with van der Waals surface area (Å²) in [4.78, 5) is 31.8. The lowest BCUT2D eigenvalue weighted by molar-refractivity contribution is -0.117. The van der Waals surface area contributed by atoms with Gasteiger partial charge in [0.25, 0.3) is 11.7 Å². The average Bonchev–Trinajstić information content (AvgIpc) is 3.38. The van der Waals surface area contributed by atoms with Crippen molar-refractivity contribution in [1.82, 2.24) is 5.32 Å². The third kappa shape index (κ3) is 6.14. The van der Waals surface area contributed by atoms with E-state index < -0.39 is 0 Å². The van der Waals surface area contributed by atoms with Gasteiger partial charge in [-0.25, -0.2) is 0 Å². The molecule has 0 atom stereocenters. The molecule has 1 fully saturated rings. The Hall–Kier alpha value is -3.08. The second-order valence-corrected chi connectivity index (χ2v) is 9.55. The Labute approximate surface area is 207 Å². The molecule has 4 rings (SSSR count). The van der Waals surface area contributed by atoms with Gasteiger partial charge in [-0.2, -0.15) is 0 Å². The van der Waals surface area contributed by atoms with Gasteiger partial charge >= 0.3 is 0 Å². The summed E-state index contributed by atoms with van der Waals surface area (Å²) in [5.74, 6) is 0.233. The summed E-state index contributed by atoms with van der Waals surface area (Å²) < 4.78 is 5.69. The fraction of sp³-hybridized carbons (Fsp3) is 0.500. The number of amides is 1. The van der Waals surface area contributed by atoms with Crippen molar-refractivity contribution in [3.8, 4) is 0 Å². The maximum Gasteiger partial charge on any atom is 0.293 e. The van der Waals surface area contributed by atoms with E-state index in [0.717, 1.165) is 56.3 Å². The molecule has 1 saturated heterocycles. The van der Waals surface area contributed by atoms with Gasteiger partial charge in [0.2, 0.25) is 0 Å². The summed E-state index contributed by atoms with van der Waals surface area (Å²) in [6, 6.07) is 6.34. The number of ketones is 1. The van der Waals surface area contributed by atoms with Crippen LogP contribution in [0.1, 0.15) is 75.8 Å². The van der Waals surface area contributed by atoms with Crippen molar-refractivity contribution in [2.24, 2.45) is 4.99 Å². The molecule has 2 aliphatic heterocycles. The lowest BCUT2D eigenvalue weighted by Gasteiger charge is -2.39. The van der Waals surface area contributed by atoms with Crippen LogP contribution in [0.4, 0.5) is 5.69 Å². The van der Waals surface area contributed by atoms with Crippen LogP contribution in [0.3, 0.4) is 0 Å². The van der Waals surface area contributed by atoms with Gasteiger partial charge in [-0.1, -0.05) is 24.8 Å². The molecule has 184 valence electrons. The Morgan fingerprint density at radius 2 is 2.03 bits per heavy atom. The number of ether oxygens (including phenoxy) is 1. The summed E-state index contributed by atoms with van der Waals surface area (Å²) >= 11 is 0. The molecule has 7 nitrogen and oxygen atoms in total. The molecule has 7 heteroatoms. The van der Waals surface area contributed by atoms with Gasteiger partial charge in [-0.05, 0) is 81.7 Å². The molecule has 0 radical (unpaired) electrons. The Bertz CT molecular complexity index is 1100. The number of carbonyl (C=O) groups excluding carboxylic acids is 2. The molecular weight excluding hydrogens is 440 g/mol. The van der Waals surface area contributed by atoms with E-state index in [4.69, 9.17) is 11.3 Å². The van der Waals surface area contributed by atoms with E-state index in [-0.39, 0.29) is 23.1 Å². The highest BCUT2D eigenvalue weighted by Gasteiger charge is 2.34. The minimum atomic E-state index is -0.256. The van der Waals surface area contributed by atoms with Gasteiger partial charge in [-0.3, -0.25) is 4.79 Å². The summed E-state index contributed by atoms with van der Waals surface area (Å²) in [6.07, 6.45) is 11.8. The average molecular weight is 475 g/mol. The first-order valence-corrected chi connectivity index (χ1v) is 12.6. The molecule has 2 heterocycles. The molecule has 0 aromatic heterocycles. The van der Waals surface area contributed by atoms with Gasteiger partial charge < -0.3 is 25.0 Å². The minimum absolute atomic E-state index is 0.213. The Balaban J connectivity index is 1.62. The Morgan fingerprint density at radius 1 is 1.20 bits per heavy atom. The van der Waals surface area contributed by atoms with Crippen LogP contribution < -0.4 is 10.6 Å². The second kappa shape index (κ2) is 11.6. The van der Waals surface area contributed by atoms with Gasteiger partial charge in [0, 0.05) is 42.8 Å². The van der Waals surface area contributed by atoms with Gasteiger partial charge in [0.05, 0.1) is 0 Å². The number of hydrogen-bond acceptors (Lipinski definition) is 5. The minimum Gasteiger partial charge on any atom is -0.381 e. The van der Waals surface area contributed by atoms with Crippen molar-refractivity contribution in [1.29, 1.82) is 0 Å². The molecule has 1 amide bonds. The molecule has 1 aromatic rings. The highest BCUT2D eigenvalue weighted by Crippen LogP contribution is 2.38. The number of anilines is 1. The maximum absolute atomic E-state index is 12.9. The number of nitrogens with one attached hydrogen (secondary N) is 2. The first-order valence-electron chi connectivity index (χ1n) is 12.6. The molecule has 1 aromatic carbocycles. The van der Waals surface area contributed by atoms with Crippen molar-refractivity contribution in [3.63, 3.8) is 0 Å². The molecule has 0 saturated carbocycles. The fourth-order valence-corrected chi connectivity index (χ4v) is 5.08. The number of Topliss-reactive ketones (excluding diaryl/α,β-unsaturated/α-hetero) is 1. The lowest BCUT2D eigenvalue weighted by atomic mass is 9.80. The topological polar surface area (TPSA) is 84.2 Å². The molecule has 35 heavy (non-hydrogen) atoms. The van der Waals surface area contributed by atoms with Crippen LogP contribution in [-0.4, -0.2) is 37.2 Å². The van der Waals surface area contributed by atoms with E-state index >= 15 is 0 Å². The molecule has 0 unspecified atom stereocenters. The summed E-state index contributed by atoms with van der Waals surface area (Å²) in [5.41, 5.74) is 4.45. The molecule has 0 bridgehead atoms. The standard InChI is InChI=1S/C28H34N4O3/c1-20(33)7-6-16-30-28(14-17-35-18-15-28)22-10-11-24(23(19-22)21-8-4-3-5-9-21)32-27(34)25-12-13-26(29-2)31-25/h8,10-11,13,19,30H,3-7,9,12,14-18H2,1H3,(H,32,34). The Morgan fingerprint density at radius 3 is 2.71 bits per heavy atom. The quantitative estimate of drug-likeness (QED) is 0.383. The third-order valence-corrected chi connectivity index (χ3v) is 7.08. The first kappa shape index (κ1) is 25.0. The molecule has 1 aliphatic carbocycles. The van der Waals surface area contributed by atoms with Crippen LogP contribution in [0.5, 0.6) is 0 Å². The normalized spacial score (nSPS) is 19.3. The second-order valence-electron chi connectivity index (χ2n) is 9.55. The van der Waals surface area contributed by atoms with Crippen LogP contribution in [-0.2, 0) is 19.9 Å². The SMILES string of the molecule is [C-]#[N+]C1=CCC(C(=O)Nc2ccc(C3(NCCCC(C)=O)CCOCC3)cc2C2=CCCCC2)=N1. The molecule has 0 spiro atoms. The van der Waals surface area contributed by atoms with E-state index in [0.29, 0.717) is 31.8 Å². The van der Waals surface area contributed by atoms with Crippen molar-refractivity contribution < 1.29 is 14.3 Å². The molecular formula is C28H34N4O3. The van der Waals surface area contributed by atoms with E-state index in [2.05, 4.69) is 38.7 Å². The zero-order chi connectivity index (χ0) is 24.7. The van der Waals surface area contributed by atoms with Crippen molar-refractivity contribution in [2.45, 2.75) is 70.3 Å². The smallest absolute Gasteiger partial charge is 0.293 e. The van der Waals surface area contributed by atoms with E-state index in [1.807, 2.05) is 6.07 Å². The summed E-state index contributed by atoms with van der Waals surface area (Å²) in [5, 5.41) is 6.83. The van der Waals surface area contributed by atoms with Crippen molar-refractivity contribution in [3.05, 3.63) is 58.7 Å². The third-order valence-electron chi connectivity index (χ3n) is 7.08. The van der Waals surface area contributed by atoms with E-state index in [1.165, 1.54) is 17.6 Å². The zero-order valence-electron chi connectivity index (χ0n) is 20.5. The van der Waals surface area contributed by atoms with Gasteiger partial charge in [-0.15, -0.1) is 4.99 Å². The van der Waals surface area contributed by atoms with Crippen LogP contribution >= 0.6 is 0 Å². The number of nitrogens with zero attached hydrogens (tertiary/aromatic N) is 2. The summed E-state index contributed by atoms with van der Waals surface area (Å²) in [7, 11) is 0. The number of rotatable bonds is 9. The Kier molecular flexibility index (Phi) is 8.27. The molecule has 3 aliphatic rings. The van der Waals surface area contributed by atoms with Crippen LogP contribution in [0, 0.1) is 6.57 Å². The number of carbonyl (C=O) groups is 2. The maximum atomic E-state index is 12.9. The number of benzene rings is 1. The van der Waals surface area contributed by atoms with Crippen LogP contribution in [0.15, 0.2) is 41.2 Å². The first-order chi connectivity index (χ1) is 17.0. The summed E-state index contributed by atoms with van der Waals surface area (Å²) in [6.45, 7) is 10.9. The lowest BCUT2D eigenvalue weighted by Crippen LogP contribution is -2.47. The molecule has 2 N–H and O–H groups in total. The van der Waals surface area contributed by atoms with Gasteiger partial charge in [0.15, 0.2) is 5.71 Å². The predicted molar refractivity (Wildman–Crippen MR) is 138 cm³/mol. The predicted octanol–water partition coefficient (Wildman–Crippen LogP) is 5.15. The number of aliphatic imine (C=N–C) groups is 1. The van der Waals surface area contributed by atoms with Crippen molar-refractivity contribution in [2.75, 3.05) is 25.1 Å². The van der Waals surface area contributed by atoms with Crippen LogP contribution in [0.25, 0.3) is 10.4 Å². The van der Waals surface area contributed by atoms with Crippen LogP contribution in [0.2, 0.25) is 0 Å². The van der Waals surface area contributed by atoms with Gasteiger partial charge in [0.1, 0.15) is 5.78 Å². The van der Waals surface area contributed by atoms with E-state index in [1.54, 1.807) is 13.0 Å². The van der Waals surface area contributed by atoms with Crippen molar-refractivity contribution >= 4 is 28.7 Å². The number of allylic oxidation sites excluding steroid dienone is 3. The highest BCUT2D eigenvalue weighted by molar-refractivity contribution is 6.44. The largest absolute Gasteiger partial charge is 0.381 e.